The molecule has 0 amide bonds. The van der Waals surface area contributed by atoms with Crippen LogP contribution >= 0.6 is 25.5 Å². The second-order valence-electron chi connectivity index (χ2n) is 3.10. The molecule has 0 heterocycles. The Labute approximate surface area is 106 Å². The molecule has 0 spiro atoms. The van der Waals surface area contributed by atoms with Gasteiger partial charge in [0.2, 0.25) is 0 Å². The third-order valence-corrected chi connectivity index (χ3v) is 17.0. The number of benzene rings is 2. The van der Waals surface area contributed by atoms with E-state index < -0.39 is 13.8 Å². The summed E-state index contributed by atoms with van der Waals surface area (Å²) in [4.78, 5) is 0. The normalized spacial score (nSPS) is 12.4. The van der Waals surface area contributed by atoms with Gasteiger partial charge < -0.3 is 0 Å². The molecule has 78 valence electrons. The molecule has 0 bridgehead atoms. The van der Waals surface area contributed by atoms with Gasteiger partial charge in [-0.05, 0) is 0 Å². The standard InChI is InChI=1S/C12H10Br2Te/c13-15(14,11-7-3-1-4-8-11)12-9-5-2-6-10-12/h1-10H. The first-order valence-corrected chi connectivity index (χ1v) is 17.3. The maximum atomic E-state index is 3.90. The molecule has 0 atom stereocenters. The van der Waals surface area contributed by atoms with Crippen LogP contribution in [0.2, 0.25) is 0 Å². The summed E-state index contributed by atoms with van der Waals surface area (Å²) in [5.74, 6) is 0. The molecule has 0 nitrogen and oxygen atoms in total. The van der Waals surface area contributed by atoms with Gasteiger partial charge in [-0.15, -0.1) is 0 Å². The molecule has 2 aromatic rings. The van der Waals surface area contributed by atoms with Gasteiger partial charge >= 0.3 is 107 Å². The molecule has 0 fully saturated rings. The molecule has 0 aliphatic rings. The molecule has 0 saturated heterocycles. The third kappa shape index (κ3) is 2.65. The van der Waals surface area contributed by atoms with Crippen molar-refractivity contribution in [2.75, 3.05) is 0 Å². The Morgan fingerprint density at radius 2 is 0.933 bits per heavy atom. The van der Waals surface area contributed by atoms with Crippen LogP contribution in [0, 0.1) is 0 Å². The minimum absolute atomic E-state index is 1.38. The van der Waals surface area contributed by atoms with E-state index in [4.69, 9.17) is 0 Å². The predicted octanol–water partition coefficient (Wildman–Crippen LogP) is 3.03. The molecule has 0 unspecified atom stereocenters. The zero-order chi connectivity index (χ0) is 10.7. The summed E-state index contributed by atoms with van der Waals surface area (Å²) >= 11 is 5.41. The van der Waals surface area contributed by atoms with Gasteiger partial charge in [-0.2, -0.15) is 0 Å². The van der Waals surface area contributed by atoms with Crippen molar-refractivity contribution in [1.29, 1.82) is 0 Å². The molecule has 3 heteroatoms. The van der Waals surface area contributed by atoms with E-state index in [0.717, 1.165) is 0 Å². The van der Waals surface area contributed by atoms with E-state index in [-0.39, 0.29) is 0 Å². The summed E-state index contributed by atoms with van der Waals surface area (Å²) in [6, 6.07) is 21.1. The van der Waals surface area contributed by atoms with E-state index >= 15 is 0 Å². The van der Waals surface area contributed by atoms with Crippen LogP contribution in [-0.4, -0.2) is 13.8 Å². The molecule has 0 aliphatic carbocycles. The summed E-state index contributed by atoms with van der Waals surface area (Å²) in [6.07, 6.45) is 0. The summed E-state index contributed by atoms with van der Waals surface area (Å²) in [5, 5.41) is 0. The Hall–Kier alpha value is 0.190. The zero-order valence-corrected chi connectivity index (χ0v) is 13.4. The summed E-state index contributed by atoms with van der Waals surface area (Å²) in [6.45, 7) is 0. The maximum absolute atomic E-state index is 3.90. The first-order valence-electron chi connectivity index (χ1n) is 4.54. The molecule has 0 aliphatic heterocycles. The molecule has 2 aromatic carbocycles. The Balaban J connectivity index is 2.44. The summed E-state index contributed by atoms with van der Waals surface area (Å²) < 4.78 is 2.76. The predicted molar refractivity (Wildman–Crippen MR) is 75.8 cm³/mol. The molecule has 0 saturated carbocycles. The molecule has 0 radical (unpaired) electrons. The van der Waals surface area contributed by atoms with E-state index in [0.29, 0.717) is 0 Å². The number of rotatable bonds is 2. The fraction of sp³-hybridized carbons (Fsp3) is 0. The minimum atomic E-state index is -2.40. The quantitative estimate of drug-likeness (QED) is 0.629. The Kier molecular flexibility index (Phi) is 3.90. The molecule has 2 rings (SSSR count). The molecular formula is C12H10Br2Te. The van der Waals surface area contributed by atoms with Crippen molar-refractivity contribution in [2.45, 2.75) is 0 Å². The van der Waals surface area contributed by atoms with Crippen LogP contribution < -0.4 is 7.22 Å². The Bertz CT molecular complexity index is 384. The summed E-state index contributed by atoms with van der Waals surface area (Å²) in [7, 11) is 0. The van der Waals surface area contributed by atoms with E-state index in [2.05, 4.69) is 74.0 Å². The van der Waals surface area contributed by atoms with E-state index in [1.807, 2.05) is 12.1 Å². The van der Waals surface area contributed by atoms with Gasteiger partial charge in [0, 0.05) is 0 Å². The van der Waals surface area contributed by atoms with Gasteiger partial charge in [0.25, 0.3) is 0 Å². The van der Waals surface area contributed by atoms with Crippen molar-refractivity contribution < 1.29 is 0 Å². The second-order valence-corrected chi connectivity index (χ2v) is 27.3. The zero-order valence-electron chi connectivity index (χ0n) is 7.94. The van der Waals surface area contributed by atoms with Crippen LogP contribution in [0.25, 0.3) is 0 Å². The van der Waals surface area contributed by atoms with Gasteiger partial charge in [-0.25, -0.2) is 0 Å². The van der Waals surface area contributed by atoms with Gasteiger partial charge in [0.15, 0.2) is 0 Å². The van der Waals surface area contributed by atoms with Crippen molar-refractivity contribution in [1.82, 2.24) is 0 Å². The fourth-order valence-corrected chi connectivity index (χ4v) is 10.7. The molecule has 0 aromatic heterocycles. The van der Waals surface area contributed by atoms with Crippen LogP contribution in [0.5, 0.6) is 0 Å². The molecular weight excluding hydrogens is 432 g/mol. The topological polar surface area (TPSA) is 0 Å². The van der Waals surface area contributed by atoms with Crippen molar-refractivity contribution >= 4 is 46.5 Å². The first-order chi connectivity index (χ1) is 7.21. The number of halogens is 2. The Morgan fingerprint density at radius 1 is 0.600 bits per heavy atom. The second kappa shape index (κ2) is 5.01. The summed E-state index contributed by atoms with van der Waals surface area (Å²) in [5.41, 5.74) is 0. The average Bonchev–Trinajstić information content (AvgIpc) is 2.31. The molecule has 15 heavy (non-hydrogen) atoms. The van der Waals surface area contributed by atoms with Crippen molar-refractivity contribution in [3.63, 3.8) is 0 Å². The van der Waals surface area contributed by atoms with Crippen molar-refractivity contribution in [3.05, 3.63) is 60.7 Å². The van der Waals surface area contributed by atoms with Gasteiger partial charge in [-0.1, -0.05) is 0 Å². The fourth-order valence-electron chi connectivity index (χ4n) is 1.32. The molecule has 0 N–H and O–H groups in total. The van der Waals surface area contributed by atoms with Gasteiger partial charge in [0.1, 0.15) is 0 Å². The Morgan fingerprint density at radius 3 is 1.27 bits per heavy atom. The van der Waals surface area contributed by atoms with E-state index in [1.165, 1.54) is 7.22 Å². The average molecular weight is 442 g/mol. The monoisotopic (exact) mass is 442 g/mol. The van der Waals surface area contributed by atoms with Crippen LogP contribution in [0.15, 0.2) is 60.7 Å². The number of hydrogen-bond donors (Lipinski definition) is 0. The SMILES string of the molecule is Br[Te](Br)(c1ccccc1)c1ccccc1. The van der Waals surface area contributed by atoms with Gasteiger partial charge in [-0.3, -0.25) is 0 Å². The van der Waals surface area contributed by atoms with Crippen LogP contribution in [0.1, 0.15) is 0 Å². The van der Waals surface area contributed by atoms with E-state index in [9.17, 15) is 0 Å². The van der Waals surface area contributed by atoms with Crippen LogP contribution in [-0.2, 0) is 0 Å². The van der Waals surface area contributed by atoms with Crippen molar-refractivity contribution in [3.8, 4) is 0 Å². The van der Waals surface area contributed by atoms with Gasteiger partial charge in [0.05, 0.1) is 0 Å². The number of hydrogen-bond acceptors (Lipinski definition) is 0. The third-order valence-electron chi connectivity index (χ3n) is 2.08. The van der Waals surface area contributed by atoms with Crippen LogP contribution in [0.4, 0.5) is 0 Å². The van der Waals surface area contributed by atoms with Crippen LogP contribution in [0.3, 0.4) is 0 Å². The van der Waals surface area contributed by atoms with Crippen molar-refractivity contribution in [2.24, 2.45) is 0 Å². The first kappa shape index (κ1) is 11.7. The van der Waals surface area contributed by atoms with E-state index in [1.54, 1.807) is 0 Å².